The third-order valence-corrected chi connectivity index (χ3v) is 3.33. The van der Waals surface area contributed by atoms with E-state index in [1.54, 1.807) is 31.4 Å². The Morgan fingerprint density at radius 1 is 1.21 bits per heavy atom. The number of carbonyl (C=O) groups is 1. The van der Waals surface area contributed by atoms with Crippen LogP contribution in [0.5, 0.6) is 11.5 Å². The van der Waals surface area contributed by atoms with Crippen LogP contribution in [0, 0.1) is 0 Å². The van der Waals surface area contributed by atoms with Crippen LogP contribution in [0.25, 0.3) is 0 Å². The smallest absolute Gasteiger partial charge is 0.240 e. The van der Waals surface area contributed by atoms with Crippen LogP contribution in [0.15, 0.2) is 53.6 Å². The number of phenols is 1. The Bertz CT molecular complexity index is 684. The van der Waals surface area contributed by atoms with Gasteiger partial charge in [-0.2, -0.15) is 5.10 Å². The van der Waals surface area contributed by atoms with Gasteiger partial charge in [0, 0.05) is 24.2 Å². The standard InChI is InChI=1S/C18H21N3O3/c1-24-16-10-8-15(9-11-16)19-12-4-7-18(23)21-20-13-14-5-2-3-6-17(14)22/h2-3,5-6,8-11,13,19,22H,4,7,12H2,1H3,(H,21,23)/b20-13-. The van der Waals surface area contributed by atoms with Crippen molar-refractivity contribution in [3.05, 3.63) is 54.1 Å². The van der Waals surface area contributed by atoms with E-state index in [-0.39, 0.29) is 11.7 Å². The Hall–Kier alpha value is -3.02. The minimum atomic E-state index is -0.168. The second-order valence-corrected chi connectivity index (χ2v) is 5.11. The number of hydrazone groups is 1. The van der Waals surface area contributed by atoms with E-state index in [0.717, 1.165) is 11.4 Å². The molecule has 0 aromatic heterocycles. The number of aromatic hydroxyl groups is 1. The normalized spacial score (nSPS) is 10.5. The lowest BCUT2D eigenvalue weighted by Gasteiger charge is -2.06. The quantitative estimate of drug-likeness (QED) is 0.395. The number of benzene rings is 2. The van der Waals surface area contributed by atoms with E-state index in [1.807, 2.05) is 24.3 Å². The Balaban J connectivity index is 1.65. The maximum atomic E-state index is 11.7. The topological polar surface area (TPSA) is 83.0 Å². The first-order valence-corrected chi connectivity index (χ1v) is 7.67. The zero-order valence-corrected chi connectivity index (χ0v) is 13.5. The number of methoxy groups -OCH3 is 1. The summed E-state index contributed by atoms with van der Waals surface area (Å²) in [6, 6.07) is 14.4. The molecule has 126 valence electrons. The molecule has 0 unspecified atom stereocenters. The van der Waals surface area contributed by atoms with E-state index >= 15 is 0 Å². The summed E-state index contributed by atoms with van der Waals surface area (Å²) in [7, 11) is 1.63. The van der Waals surface area contributed by atoms with E-state index in [1.165, 1.54) is 6.21 Å². The number of anilines is 1. The molecule has 24 heavy (non-hydrogen) atoms. The molecular formula is C18H21N3O3. The molecule has 6 nitrogen and oxygen atoms in total. The molecule has 2 aromatic carbocycles. The third kappa shape index (κ3) is 5.64. The molecule has 0 aliphatic rings. The fraction of sp³-hybridized carbons (Fsp3) is 0.222. The minimum absolute atomic E-state index is 0.124. The van der Waals surface area contributed by atoms with Gasteiger partial charge in [0.15, 0.2) is 0 Å². The number of hydrogen-bond donors (Lipinski definition) is 3. The lowest BCUT2D eigenvalue weighted by Crippen LogP contribution is -2.18. The highest BCUT2D eigenvalue weighted by Crippen LogP contribution is 2.15. The van der Waals surface area contributed by atoms with Crippen molar-refractivity contribution in [2.24, 2.45) is 5.10 Å². The van der Waals surface area contributed by atoms with Crippen molar-refractivity contribution in [2.75, 3.05) is 19.0 Å². The average Bonchev–Trinajstić information content (AvgIpc) is 2.61. The fourth-order valence-corrected chi connectivity index (χ4v) is 2.02. The second kappa shape index (κ2) is 9.19. The van der Waals surface area contributed by atoms with E-state index in [9.17, 15) is 9.90 Å². The predicted octanol–water partition coefficient (Wildman–Crippen LogP) is 2.74. The number of amides is 1. The van der Waals surface area contributed by atoms with Crippen molar-refractivity contribution in [3.8, 4) is 11.5 Å². The van der Waals surface area contributed by atoms with Gasteiger partial charge in [0.25, 0.3) is 0 Å². The van der Waals surface area contributed by atoms with E-state index in [4.69, 9.17) is 4.74 Å². The first-order valence-electron chi connectivity index (χ1n) is 7.67. The van der Waals surface area contributed by atoms with Crippen LogP contribution in [-0.4, -0.2) is 30.9 Å². The van der Waals surface area contributed by atoms with Gasteiger partial charge in [-0.05, 0) is 42.8 Å². The van der Waals surface area contributed by atoms with Crippen molar-refractivity contribution < 1.29 is 14.6 Å². The van der Waals surface area contributed by atoms with Gasteiger partial charge >= 0.3 is 0 Å². The molecule has 0 heterocycles. The summed E-state index contributed by atoms with van der Waals surface area (Å²) in [4.78, 5) is 11.7. The van der Waals surface area contributed by atoms with Gasteiger partial charge in [-0.15, -0.1) is 0 Å². The average molecular weight is 327 g/mol. The summed E-state index contributed by atoms with van der Waals surface area (Å²) < 4.78 is 5.09. The Kier molecular flexibility index (Phi) is 6.64. The Labute approximate surface area is 141 Å². The molecule has 1 amide bonds. The molecule has 0 spiro atoms. The molecule has 2 aromatic rings. The number of nitrogens with zero attached hydrogens (tertiary/aromatic N) is 1. The lowest BCUT2D eigenvalue weighted by molar-refractivity contribution is -0.121. The van der Waals surface area contributed by atoms with Crippen molar-refractivity contribution >= 4 is 17.8 Å². The van der Waals surface area contributed by atoms with Gasteiger partial charge in [-0.25, -0.2) is 5.43 Å². The largest absolute Gasteiger partial charge is 0.507 e. The van der Waals surface area contributed by atoms with Crippen molar-refractivity contribution in [1.29, 1.82) is 0 Å². The van der Waals surface area contributed by atoms with Crippen LogP contribution in [0.3, 0.4) is 0 Å². The van der Waals surface area contributed by atoms with Crippen LogP contribution >= 0.6 is 0 Å². The van der Waals surface area contributed by atoms with Crippen LogP contribution in [0.2, 0.25) is 0 Å². The maximum absolute atomic E-state index is 11.7. The first-order chi connectivity index (χ1) is 11.7. The van der Waals surface area contributed by atoms with Crippen LogP contribution in [-0.2, 0) is 4.79 Å². The molecule has 6 heteroatoms. The number of carbonyl (C=O) groups excluding carboxylic acids is 1. The number of hydrogen-bond acceptors (Lipinski definition) is 5. The number of para-hydroxylation sites is 1. The Morgan fingerprint density at radius 3 is 2.67 bits per heavy atom. The predicted molar refractivity (Wildman–Crippen MR) is 94.6 cm³/mol. The molecule has 0 bridgehead atoms. The molecule has 0 atom stereocenters. The third-order valence-electron chi connectivity index (χ3n) is 3.33. The highest BCUT2D eigenvalue weighted by atomic mass is 16.5. The van der Waals surface area contributed by atoms with Crippen molar-refractivity contribution in [3.63, 3.8) is 0 Å². The Morgan fingerprint density at radius 2 is 1.96 bits per heavy atom. The number of nitrogens with one attached hydrogen (secondary N) is 2. The van der Waals surface area contributed by atoms with E-state index in [0.29, 0.717) is 24.9 Å². The fourth-order valence-electron chi connectivity index (χ4n) is 2.02. The van der Waals surface area contributed by atoms with Crippen LogP contribution in [0.4, 0.5) is 5.69 Å². The second-order valence-electron chi connectivity index (χ2n) is 5.11. The van der Waals surface area contributed by atoms with Gasteiger partial charge in [0.2, 0.25) is 5.91 Å². The molecule has 0 saturated carbocycles. The summed E-state index contributed by atoms with van der Waals surface area (Å²) >= 11 is 0. The molecule has 2 rings (SSSR count). The summed E-state index contributed by atoms with van der Waals surface area (Å²) in [5, 5.41) is 16.6. The van der Waals surface area contributed by atoms with Gasteiger partial charge < -0.3 is 15.2 Å². The lowest BCUT2D eigenvalue weighted by atomic mass is 10.2. The van der Waals surface area contributed by atoms with Crippen molar-refractivity contribution in [1.82, 2.24) is 5.43 Å². The summed E-state index contributed by atoms with van der Waals surface area (Å²) in [5.41, 5.74) is 3.98. The molecule has 0 radical (unpaired) electrons. The van der Waals surface area contributed by atoms with Gasteiger partial charge in [0.1, 0.15) is 11.5 Å². The summed E-state index contributed by atoms with van der Waals surface area (Å²) in [6.45, 7) is 0.683. The molecular weight excluding hydrogens is 306 g/mol. The van der Waals surface area contributed by atoms with Crippen LogP contribution < -0.4 is 15.5 Å². The number of ether oxygens (including phenoxy) is 1. The van der Waals surface area contributed by atoms with E-state index in [2.05, 4.69) is 15.8 Å². The first kappa shape index (κ1) is 17.3. The van der Waals surface area contributed by atoms with Gasteiger partial charge in [-0.1, -0.05) is 12.1 Å². The molecule has 0 aliphatic carbocycles. The molecule has 0 saturated heterocycles. The van der Waals surface area contributed by atoms with Gasteiger partial charge in [-0.3, -0.25) is 4.79 Å². The number of rotatable bonds is 8. The van der Waals surface area contributed by atoms with Crippen molar-refractivity contribution in [2.45, 2.75) is 12.8 Å². The minimum Gasteiger partial charge on any atom is -0.507 e. The summed E-state index contributed by atoms with van der Waals surface area (Å²) in [5.74, 6) is 0.764. The maximum Gasteiger partial charge on any atom is 0.240 e. The SMILES string of the molecule is COc1ccc(NCCCC(=O)N/N=C\c2ccccc2O)cc1. The zero-order valence-electron chi connectivity index (χ0n) is 13.5. The molecule has 0 aliphatic heterocycles. The highest BCUT2D eigenvalue weighted by molar-refractivity contribution is 5.84. The van der Waals surface area contributed by atoms with E-state index < -0.39 is 0 Å². The molecule has 0 fully saturated rings. The van der Waals surface area contributed by atoms with Gasteiger partial charge in [0.05, 0.1) is 13.3 Å². The highest BCUT2D eigenvalue weighted by Gasteiger charge is 2.00. The van der Waals surface area contributed by atoms with Crippen LogP contribution in [0.1, 0.15) is 18.4 Å². The summed E-state index contributed by atoms with van der Waals surface area (Å²) in [6.07, 6.45) is 2.47. The number of phenolic OH excluding ortho intramolecular Hbond substituents is 1. The zero-order chi connectivity index (χ0) is 17.2. The monoisotopic (exact) mass is 327 g/mol. The molecule has 3 N–H and O–H groups in total.